The first-order valence-corrected chi connectivity index (χ1v) is 9.86. The van der Waals surface area contributed by atoms with Gasteiger partial charge in [-0.1, -0.05) is 36.4 Å². The number of anilines is 2. The maximum absolute atomic E-state index is 10.4. The van der Waals surface area contributed by atoms with E-state index in [4.69, 9.17) is 4.74 Å². The minimum atomic E-state index is -1.38. The molecule has 1 fully saturated rings. The Morgan fingerprint density at radius 1 is 0.862 bits per heavy atom. The summed E-state index contributed by atoms with van der Waals surface area (Å²) in [4.78, 5) is 4.49. The molecule has 7 nitrogen and oxygen atoms in total. The number of likely N-dealkylation sites (N-methyl/N-ethyl adjacent to an activating group) is 2. The zero-order valence-corrected chi connectivity index (χ0v) is 16.6. The number of rotatable bonds is 4. The number of aliphatic hydroxyl groups is 4. The Balaban J connectivity index is 1.55. The maximum Gasteiger partial charge on any atom is 0.113 e. The average molecular weight is 400 g/mol. The molecule has 2 aromatic carbocycles. The van der Waals surface area contributed by atoms with Crippen molar-refractivity contribution in [1.82, 2.24) is 0 Å². The predicted octanol–water partition coefficient (Wildman–Crippen LogP) is 0.656. The Morgan fingerprint density at radius 2 is 1.52 bits per heavy atom. The summed E-state index contributed by atoms with van der Waals surface area (Å²) in [5, 5.41) is 39.9. The fraction of sp³-hybridized carbons (Fsp3) is 0.455. The lowest BCUT2D eigenvalue weighted by Gasteiger charge is -2.40. The number of hydrogen-bond donors (Lipinski definition) is 4. The number of hydrogen-bond acceptors (Lipinski definition) is 7. The van der Waals surface area contributed by atoms with E-state index in [9.17, 15) is 20.4 Å². The highest BCUT2D eigenvalue weighted by Gasteiger charge is 2.44. The van der Waals surface area contributed by atoms with Gasteiger partial charge >= 0.3 is 0 Å². The van der Waals surface area contributed by atoms with Crippen LogP contribution in [-0.4, -0.2) is 71.7 Å². The lowest BCUT2D eigenvalue weighted by Crippen LogP contribution is -2.55. The number of nitrogens with zero attached hydrogens (tertiary/aromatic N) is 2. The van der Waals surface area contributed by atoms with Crippen LogP contribution in [0.4, 0.5) is 11.4 Å². The molecule has 7 heteroatoms. The molecule has 0 radical (unpaired) electrons. The highest BCUT2D eigenvalue weighted by Crippen LogP contribution is 2.38. The van der Waals surface area contributed by atoms with Crippen LogP contribution in [0.15, 0.2) is 48.5 Å². The normalized spacial score (nSPS) is 29.9. The largest absolute Gasteiger partial charge is 0.394 e. The van der Waals surface area contributed by atoms with E-state index in [1.165, 1.54) is 11.4 Å². The van der Waals surface area contributed by atoms with Crippen LogP contribution >= 0.6 is 0 Å². The molecule has 2 heterocycles. The zero-order chi connectivity index (χ0) is 20.7. The van der Waals surface area contributed by atoms with E-state index in [1.807, 2.05) is 36.4 Å². The third-order valence-corrected chi connectivity index (χ3v) is 6.13. The van der Waals surface area contributed by atoms with E-state index >= 15 is 0 Å². The highest BCUT2D eigenvalue weighted by molar-refractivity contribution is 5.76. The summed E-state index contributed by atoms with van der Waals surface area (Å²) in [7, 11) is 4.16. The molecule has 0 bridgehead atoms. The second kappa shape index (κ2) is 7.93. The molecule has 0 saturated carbocycles. The number of para-hydroxylation sites is 2. The summed E-state index contributed by atoms with van der Waals surface area (Å²) < 4.78 is 5.70. The summed E-state index contributed by atoms with van der Waals surface area (Å²) in [6.45, 7) is -0.433. The van der Waals surface area contributed by atoms with E-state index in [0.717, 1.165) is 12.0 Å². The summed E-state index contributed by atoms with van der Waals surface area (Å²) >= 11 is 0. The summed E-state index contributed by atoms with van der Waals surface area (Å²) in [6, 6.07) is 16.0. The van der Waals surface area contributed by atoms with Crippen molar-refractivity contribution >= 4 is 11.4 Å². The third kappa shape index (κ3) is 3.49. The van der Waals surface area contributed by atoms with Crippen LogP contribution < -0.4 is 9.80 Å². The SMILES string of the molecule is CN1c2ccccc2N(C)C1Cc1cccc(C2OC(CO)[C@@H](O)C(O)[C@H]2O)c1. The summed E-state index contributed by atoms with van der Waals surface area (Å²) in [5.74, 6) is 0. The van der Waals surface area contributed by atoms with Gasteiger partial charge in [0.1, 0.15) is 36.7 Å². The third-order valence-electron chi connectivity index (χ3n) is 6.13. The lowest BCUT2D eigenvalue weighted by atomic mass is 9.90. The van der Waals surface area contributed by atoms with Crippen LogP contribution in [0.2, 0.25) is 0 Å². The van der Waals surface area contributed by atoms with Gasteiger partial charge in [0.15, 0.2) is 0 Å². The average Bonchev–Trinajstić information content (AvgIpc) is 2.98. The molecular formula is C22H28N2O5. The van der Waals surface area contributed by atoms with Crippen molar-refractivity contribution in [3.05, 3.63) is 59.7 Å². The molecule has 3 unspecified atom stereocenters. The van der Waals surface area contributed by atoms with Gasteiger partial charge in [0.25, 0.3) is 0 Å². The quantitative estimate of drug-likeness (QED) is 0.599. The van der Waals surface area contributed by atoms with Crippen molar-refractivity contribution in [3.8, 4) is 0 Å². The van der Waals surface area contributed by atoms with Crippen LogP contribution in [0.5, 0.6) is 0 Å². The molecule has 4 N–H and O–H groups in total. The van der Waals surface area contributed by atoms with Crippen molar-refractivity contribution in [1.29, 1.82) is 0 Å². The molecule has 0 spiro atoms. The van der Waals surface area contributed by atoms with Crippen LogP contribution in [0.25, 0.3) is 0 Å². The van der Waals surface area contributed by atoms with Gasteiger partial charge in [0, 0.05) is 20.5 Å². The molecule has 2 aliphatic heterocycles. The van der Waals surface area contributed by atoms with E-state index in [0.29, 0.717) is 5.56 Å². The van der Waals surface area contributed by atoms with E-state index < -0.39 is 37.1 Å². The van der Waals surface area contributed by atoms with Gasteiger partial charge in [-0.05, 0) is 23.3 Å². The number of benzene rings is 2. The van der Waals surface area contributed by atoms with Crippen LogP contribution in [0, 0.1) is 0 Å². The molecule has 2 aliphatic rings. The number of fused-ring (bicyclic) bond motifs is 1. The van der Waals surface area contributed by atoms with Crippen molar-refractivity contribution in [2.24, 2.45) is 0 Å². The molecular weight excluding hydrogens is 372 g/mol. The molecule has 5 atom stereocenters. The van der Waals surface area contributed by atoms with Gasteiger partial charge in [-0.2, -0.15) is 0 Å². The van der Waals surface area contributed by atoms with Crippen molar-refractivity contribution in [2.45, 2.75) is 43.1 Å². The fourth-order valence-electron chi connectivity index (χ4n) is 4.40. The number of aliphatic hydroxyl groups excluding tert-OH is 4. The van der Waals surface area contributed by atoms with Gasteiger partial charge in [0.05, 0.1) is 18.0 Å². The molecule has 0 aliphatic carbocycles. The van der Waals surface area contributed by atoms with E-state index in [1.54, 1.807) is 0 Å². The second-order valence-corrected chi connectivity index (χ2v) is 7.89. The Labute approximate surface area is 170 Å². The number of ether oxygens (including phenoxy) is 1. The monoisotopic (exact) mass is 400 g/mol. The smallest absolute Gasteiger partial charge is 0.113 e. The van der Waals surface area contributed by atoms with Gasteiger partial charge in [-0.3, -0.25) is 0 Å². The van der Waals surface area contributed by atoms with Crippen LogP contribution in [0.3, 0.4) is 0 Å². The van der Waals surface area contributed by atoms with Gasteiger partial charge in [-0.25, -0.2) is 0 Å². The lowest BCUT2D eigenvalue weighted by molar-refractivity contribution is -0.231. The minimum absolute atomic E-state index is 0.150. The summed E-state index contributed by atoms with van der Waals surface area (Å²) in [6.07, 6.45) is -4.83. The van der Waals surface area contributed by atoms with Crippen LogP contribution in [-0.2, 0) is 11.2 Å². The first-order chi connectivity index (χ1) is 13.9. The predicted molar refractivity (Wildman–Crippen MR) is 110 cm³/mol. The molecule has 0 amide bonds. The zero-order valence-electron chi connectivity index (χ0n) is 16.6. The van der Waals surface area contributed by atoms with Crippen molar-refractivity contribution < 1.29 is 25.2 Å². The highest BCUT2D eigenvalue weighted by atomic mass is 16.5. The molecule has 1 saturated heterocycles. The van der Waals surface area contributed by atoms with E-state index in [2.05, 4.69) is 36.0 Å². The van der Waals surface area contributed by atoms with Crippen LogP contribution in [0.1, 0.15) is 17.2 Å². The Kier molecular flexibility index (Phi) is 5.50. The second-order valence-electron chi connectivity index (χ2n) is 7.89. The molecule has 4 rings (SSSR count). The van der Waals surface area contributed by atoms with Gasteiger partial charge in [0.2, 0.25) is 0 Å². The first-order valence-electron chi connectivity index (χ1n) is 9.86. The summed E-state index contributed by atoms with van der Waals surface area (Å²) in [5.41, 5.74) is 4.14. The van der Waals surface area contributed by atoms with E-state index in [-0.39, 0.29) is 6.17 Å². The Bertz CT molecular complexity index is 832. The Morgan fingerprint density at radius 3 is 2.14 bits per heavy atom. The van der Waals surface area contributed by atoms with Gasteiger partial charge in [-0.15, -0.1) is 0 Å². The van der Waals surface area contributed by atoms with Crippen molar-refractivity contribution in [2.75, 3.05) is 30.5 Å². The molecule has 156 valence electrons. The standard InChI is InChI=1S/C22H28N2O5/c1-23-15-8-3-4-9-16(15)24(2)18(23)11-13-6-5-7-14(10-13)22-21(28)20(27)19(26)17(12-25)29-22/h3-10,17-22,25-28H,11-12H2,1-2H3/t17?,19-,20?,21-,22?/m1/s1. The minimum Gasteiger partial charge on any atom is -0.394 e. The molecule has 2 aromatic rings. The fourth-order valence-corrected chi connectivity index (χ4v) is 4.40. The van der Waals surface area contributed by atoms with Crippen molar-refractivity contribution in [3.63, 3.8) is 0 Å². The maximum atomic E-state index is 10.4. The molecule has 29 heavy (non-hydrogen) atoms. The first kappa shape index (κ1) is 20.1. The topological polar surface area (TPSA) is 96.6 Å². The van der Waals surface area contributed by atoms with Gasteiger partial charge < -0.3 is 35.0 Å². The molecule has 0 aromatic heterocycles. The Hall–Kier alpha value is -2.16.